The summed E-state index contributed by atoms with van der Waals surface area (Å²) in [7, 11) is 1.39. The zero-order valence-electron chi connectivity index (χ0n) is 11.0. The minimum atomic E-state index is -0.518. The highest BCUT2D eigenvalue weighted by atomic mass is 35.5. The first-order valence-corrected chi connectivity index (χ1v) is 6.26. The van der Waals surface area contributed by atoms with E-state index >= 15 is 0 Å². The summed E-state index contributed by atoms with van der Waals surface area (Å²) in [6.45, 7) is 0. The highest BCUT2D eigenvalue weighted by Gasteiger charge is 2.16. The van der Waals surface area contributed by atoms with Crippen molar-refractivity contribution in [2.24, 2.45) is 5.16 Å². The molecule has 0 bridgehead atoms. The smallest absolute Gasteiger partial charge is 0.312 e. The van der Waals surface area contributed by atoms with Crippen molar-refractivity contribution in [3.63, 3.8) is 0 Å². The van der Waals surface area contributed by atoms with E-state index in [-0.39, 0.29) is 11.4 Å². The van der Waals surface area contributed by atoms with E-state index in [1.807, 2.05) is 0 Å². The molecule has 0 radical (unpaired) electrons. The van der Waals surface area contributed by atoms with E-state index in [1.165, 1.54) is 25.5 Å². The molecule has 0 N–H and O–H groups in total. The molecule has 0 aromatic heterocycles. The molecule has 0 saturated heterocycles. The lowest BCUT2D eigenvalue weighted by Crippen LogP contribution is -1.95. The van der Waals surface area contributed by atoms with Crippen LogP contribution in [-0.2, 0) is 4.84 Å². The van der Waals surface area contributed by atoms with Crippen molar-refractivity contribution in [2.45, 2.75) is 0 Å². The number of hydrogen-bond acceptors (Lipinski definition) is 5. The van der Waals surface area contributed by atoms with Crippen LogP contribution in [0.3, 0.4) is 0 Å². The van der Waals surface area contributed by atoms with Crippen molar-refractivity contribution in [1.29, 1.82) is 0 Å². The molecular formula is C14H11ClN2O4. The molecule has 6 nitrogen and oxygen atoms in total. The fourth-order valence-corrected chi connectivity index (χ4v) is 1.71. The maximum Gasteiger partial charge on any atom is 0.312 e. The van der Waals surface area contributed by atoms with E-state index in [0.717, 1.165) is 0 Å². The standard InChI is InChI=1S/C14H11ClN2O4/c1-20-16-9-10-2-7-14(13(8-10)17(18)19)21-12-5-3-11(15)4-6-12/h2-9H,1H3/b16-9+. The number of hydrogen-bond donors (Lipinski definition) is 0. The molecule has 7 heteroatoms. The molecule has 0 aliphatic rings. The van der Waals surface area contributed by atoms with Gasteiger partial charge in [-0.15, -0.1) is 0 Å². The Morgan fingerprint density at radius 2 is 1.95 bits per heavy atom. The summed E-state index contributed by atoms with van der Waals surface area (Å²) in [6, 6.07) is 11.0. The second kappa shape index (κ2) is 6.71. The van der Waals surface area contributed by atoms with E-state index in [1.54, 1.807) is 30.3 Å². The van der Waals surface area contributed by atoms with Crippen LogP contribution in [0.2, 0.25) is 5.02 Å². The molecule has 108 valence electrons. The predicted octanol–water partition coefficient (Wildman–Crippen LogP) is 4.02. The largest absolute Gasteiger partial charge is 0.450 e. The number of nitro benzene ring substituents is 1. The van der Waals surface area contributed by atoms with Crippen molar-refractivity contribution in [1.82, 2.24) is 0 Å². The van der Waals surface area contributed by atoms with E-state index in [4.69, 9.17) is 16.3 Å². The Balaban J connectivity index is 2.32. The highest BCUT2D eigenvalue weighted by Crippen LogP contribution is 2.32. The van der Waals surface area contributed by atoms with Gasteiger partial charge in [0, 0.05) is 16.7 Å². The number of benzene rings is 2. The maximum atomic E-state index is 11.1. The van der Waals surface area contributed by atoms with Gasteiger partial charge in [0.1, 0.15) is 12.9 Å². The van der Waals surface area contributed by atoms with Gasteiger partial charge in [0.25, 0.3) is 0 Å². The van der Waals surface area contributed by atoms with Crippen LogP contribution < -0.4 is 4.74 Å². The zero-order chi connectivity index (χ0) is 15.2. The van der Waals surface area contributed by atoms with Crippen LogP contribution in [-0.4, -0.2) is 18.2 Å². The summed E-state index contributed by atoms with van der Waals surface area (Å²) in [5, 5.41) is 15.2. The predicted molar refractivity (Wildman–Crippen MR) is 79.2 cm³/mol. The molecule has 2 rings (SSSR count). The first-order chi connectivity index (χ1) is 10.1. The summed E-state index contributed by atoms with van der Waals surface area (Å²) in [5.74, 6) is 0.595. The molecule has 2 aromatic rings. The maximum absolute atomic E-state index is 11.1. The molecular weight excluding hydrogens is 296 g/mol. The van der Waals surface area contributed by atoms with E-state index in [9.17, 15) is 10.1 Å². The Kier molecular flexibility index (Phi) is 4.73. The molecule has 0 saturated carbocycles. The number of rotatable bonds is 5. The van der Waals surface area contributed by atoms with Gasteiger partial charge in [-0.2, -0.15) is 0 Å². The summed E-state index contributed by atoms with van der Waals surface area (Å²) in [5.41, 5.74) is 0.372. The van der Waals surface area contributed by atoms with Crippen molar-refractivity contribution in [3.8, 4) is 11.5 Å². The van der Waals surface area contributed by atoms with Crippen molar-refractivity contribution in [3.05, 3.63) is 63.2 Å². The Morgan fingerprint density at radius 1 is 1.24 bits per heavy atom. The molecule has 0 unspecified atom stereocenters. The number of halogens is 1. The molecule has 2 aromatic carbocycles. The Bertz CT molecular complexity index is 671. The average Bonchev–Trinajstić information content (AvgIpc) is 2.48. The average molecular weight is 307 g/mol. The number of nitro groups is 1. The summed E-state index contributed by atoms with van der Waals surface area (Å²) in [6.07, 6.45) is 1.37. The lowest BCUT2D eigenvalue weighted by molar-refractivity contribution is -0.385. The number of ether oxygens (including phenoxy) is 1. The van der Waals surface area contributed by atoms with Gasteiger partial charge in [0.05, 0.1) is 11.1 Å². The van der Waals surface area contributed by atoms with Crippen LogP contribution >= 0.6 is 11.6 Å². The van der Waals surface area contributed by atoms with E-state index < -0.39 is 4.92 Å². The molecule has 0 aliphatic heterocycles. The molecule has 0 fully saturated rings. The second-order valence-electron chi connectivity index (χ2n) is 3.96. The lowest BCUT2D eigenvalue weighted by atomic mass is 10.2. The van der Waals surface area contributed by atoms with Gasteiger partial charge in [-0.25, -0.2) is 0 Å². The second-order valence-corrected chi connectivity index (χ2v) is 4.39. The molecule has 21 heavy (non-hydrogen) atoms. The van der Waals surface area contributed by atoms with Crippen molar-refractivity contribution in [2.75, 3.05) is 7.11 Å². The monoisotopic (exact) mass is 306 g/mol. The van der Waals surface area contributed by atoms with Gasteiger partial charge < -0.3 is 9.57 Å². The van der Waals surface area contributed by atoms with Gasteiger partial charge in [0.2, 0.25) is 5.75 Å². The van der Waals surface area contributed by atoms with Gasteiger partial charge in [-0.3, -0.25) is 10.1 Å². The van der Waals surface area contributed by atoms with Gasteiger partial charge in [-0.05, 0) is 36.4 Å². The fraction of sp³-hybridized carbons (Fsp3) is 0.0714. The Morgan fingerprint density at radius 3 is 2.57 bits per heavy atom. The van der Waals surface area contributed by atoms with Crippen molar-refractivity contribution < 1.29 is 14.5 Å². The first kappa shape index (κ1) is 14.8. The van der Waals surface area contributed by atoms with Crippen LogP contribution in [0.5, 0.6) is 11.5 Å². The first-order valence-electron chi connectivity index (χ1n) is 5.88. The van der Waals surface area contributed by atoms with Gasteiger partial charge in [0.15, 0.2) is 0 Å². The molecule has 0 atom stereocenters. The van der Waals surface area contributed by atoms with Crippen LogP contribution in [0.4, 0.5) is 5.69 Å². The minimum Gasteiger partial charge on any atom is -0.450 e. The third kappa shape index (κ3) is 3.93. The number of oxime groups is 1. The highest BCUT2D eigenvalue weighted by molar-refractivity contribution is 6.30. The van der Waals surface area contributed by atoms with Crippen LogP contribution in [0, 0.1) is 10.1 Å². The summed E-state index contributed by atoms with van der Waals surface area (Å²) < 4.78 is 5.51. The number of nitrogens with zero attached hydrogens (tertiary/aromatic N) is 2. The molecule has 0 amide bonds. The fourth-order valence-electron chi connectivity index (χ4n) is 1.59. The van der Waals surface area contributed by atoms with Crippen LogP contribution in [0.25, 0.3) is 0 Å². The van der Waals surface area contributed by atoms with Gasteiger partial charge >= 0.3 is 5.69 Å². The zero-order valence-corrected chi connectivity index (χ0v) is 11.8. The topological polar surface area (TPSA) is 74.0 Å². The van der Waals surface area contributed by atoms with E-state index in [2.05, 4.69) is 9.99 Å². The normalized spacial score (nSPS) is 10.6. The Labute approximate surface area is 125 Å². The summed E-state index contributed by atoms with van der Waals surface area (Å²) >= 11 is 5.78. The third-order valence-corrected chi connectivity index (χ3v) is 2.78. The SMILES string of the molecule is CO/N=C/c1ccc(Oc2ccc(Cl)cc2)c([N+](=O)[O-])c1. The Hall–Kier alpha value is -2.60. The molecule has 0 aliphatic carbocycles. The lowest BCUT2D eigenvalue weighted by Gasteiger charge is -2.06. The van der Waals surface area contributed by atoms with Gasteiger partial charge in [-0.1, -0.05) is 16.8 Å². The van der Waals surface area contributed by atoms with Crippen LogP contribution in [0.1, 0.15) is 5.56 Å². The van der Waals surface area contributed by atoms with Crippen LogP contribution in [0.15, 0.2) is 47.6 Å². The minimum absolute atomic E-state index is 0.136. The summed E-state index contributed by atoms with van der Waals surface area (Å²) in [4.78, 5) is 15.1. The van der Waals surface area contributed by atoms with Crippen molar-refractivity contribution >= 4 is 23.5 Å². The van der Waals surface area contributed by atoms with E-state index in [0.29, 0.717) is 16.3 Å². The molecule has 0 spiro atoms. The molecule has 0 heterocycles. The third-order valence-electron chi connectivity index (χ3n) is 2.53. The quantitative estimate of drug-likeness (QED) is 0.475.